The molecule has 3 nitrogen and oxygen atoms in total. The second-order valence-electron chi connectivity index (χ2n) is 7.20. The molecule has 0 spiro atoms. The van der Waals surface area contributed by atoms with Crippen LogP contribution in [0.3, 0.4) is 0 Å². The molecule has 0 fully saturated rings. The van der Waals surface area contributed by atoms with Crippen LogP contribution in [0.15, 0.2) is 89.4 Å². The summed E-state index contributed by atoms with van der Waals surface area (Å²) in [6.45, 7) is 0. The maximum atomic E-state index is 5.34. The van der Waals surface area contributed by atoms with E-state index in [0.717, 1.165) is 30.0 Å². The van der Waals surface area contributed by atoms with Gasteiger partial charge < -0.3 is 10.1 Å². The van der Waals surface area contributed by atoms with Crippen molar-refractivity contribution in [3.63, 3.8) is 0 Å². The standard InChI is InChI=1S/C25H22N2O/c1-28-20-14-11-18(12-15-20)23-22-16-13-17-7-5-6-10-21(17)24(22)27-25(26-23)19-8-3-2-4-9-19/h2-12,14-15,23H,13,16H2,1H3,(H,26,27). The number of hydrogen-bond acceptors (Lipinski definition) is 3. The molecule has 1 aliphatic carbocycles. The molecule has 0 bridgehead atoms. The zero-order valence-corrected chi connectivity index (χ0v) is 15.9. The lowest BCUT2D eigenvalue weighted by atomic mass is 9.83. The number of nitrogens with zero attached hydrogens (tertiary/aromatic N) is 1. The second kappa shape index (κ2) is 7.01. The zero-order chi connectivity index (χ0) is 18.9. The van der Waals surface area contributed by atoms with Crippen LogP contribution in [-0.4, -0.2) is 12.9 Å². The molecule has 0 amide bonds. The van der Waals surface area contributed by atoms with Gasteiger partial charge in [-0.2, -0.15) is 0 Å². The first-order valence-electron chi connectivity index (χ1n) is 9.69. The third-order valence-electron chi connectivity index (χ3n) is 5.58. The quantitative estimate of drug-likeness (QED) is 0.696. The van der Waals surface area contributed by atoms with Gasteiger partial charge in [0.15, 0.2) is 0 Å². The normalized spacial score (nSPS) is 17.9. The fourth-order valence-electron chi connectivity index (χ4n) is 4.13. The van der Waals surface area contributed by atoms with Crippen molar-refractivity contribution < 1.29 is 4.74 Å². The zero-order valence-electron chi connectivity index (χ0n) is 15.9. The summed E-state index contributed by atoms with van der Waals surface area (Å²) >= 11 is 0. The minimum Gasteiger partial charge on any atom is -0.497 e. The monoisotopic (exact) mass is 366 g/mol. The van der Waals surface area contributed by atoms with Crippen molar-refractivity contribution in [3.8, 4) is 5.75 Å². The summed E-state index contributed by atoms with van der Waals surface area (Å²) in [6, 6.07) is 27.4. The number of hydrogen-bond donors (Lipinski definition) is 1. The van der Waals surface area contributed by atoms with Crippen LogP contribution >= 0.6 is 0 Å². The van der Waals surface area contributed by atoms with E-state index in [4.69, 9.17) is 9.73 Å². The molecule has 0 aromatic heterocycles. The van der Waals surface area contributed by atoms with Crippen LogP contribution < -0.4 is 10.1 Å². The maximum absolute atomic E-state index is 5.34. The van der Waals surface area contributed by atoms with E-state index in [-0.39, 0.29) is 6.04 Å². The lowest BCUT2D eigenvalue weighted by Crippen LogP contribution is -2.32. The van der Waals surface area contributed by atoms with Crippen LogP contribution in [0.5, 0.6) is 5.75 Å². The molecular formula is C25H22N2O. The van der Waals surface area contributed by atoms with Crippen LogP contribution in [0.1, 0.15) is 34.7 Å². The summed E-state index contributed by atoms with van der Waals surface area (Å²) < 4.78 is 5.34. The van der Waals surface area contributed by atoms with Crippen LogP contribution in [0, 0.1) is 0 Å². The molecule has 1 N–H and O–H groups in total. The van der Waals surface area contributed by atoms with E-state index in [2.05, 4.69) is 66.0 Å². The van der Waals surface area contributed by atoms with E-state index in [9.17, 15) is 0 Å². The fourth-order valence-corrected chi connectivity index (χ4v) is 4.13. The summed E-state index contributed by atoms with van der Waals surface area (Å²) in [5, 5.41) is 3.66. The SMILES string of the molecule is COc1ccc(C2N=C(c3ccccc3)NC3=C2CCc2ccccc23)cc1. The average molecular weight is 366 g/mol. The van der Waals surface area contributed by atoms with Gasteiger partial charge in [0.1, 0.15) is 17.6 Å². The molecule has 1 heterocycles. The molecule has 138 valence electrons. The van der Waals surface area contributed by atoms with Gasteiger partial charge in [0.25, 0.3) is 0 Å². The minimum atomic E-state index is 0.0192. The van der Waals surface area contributed by atoms with Crippen molar-refractivity contribution in [3.05, 3.63) is 107 Å². The minimum absolute atomic E-state index is 0.0192. The second-order valence-corrected chi connectivity index (χ2v) is 7.20. The third-order valence-corrected chi connectivity index (χ3v) is 5.58. The van der Waals surface area contributed by atoms with Gasteiger partial charge in [0, 0.05) is 16.8 Å². The predicted molar refractivity (Wildman–Crippen MR) is 114 cm³/mol. The Labute approximate surface area is 165 Å². The molecule has 1 unspecified atom stereocenters. The molecule has 3 aromatic carbocycles. The summed E-state index contributed by atoms with van der Waals surface area (Å²) in [7, 11) is 1.70. The Morgan fingerprint density at radius 3 is 2.39 bits per heavy atom. The van der Waals surface area contributed by atoms with Crippen molar-refractivity contribution in [2.24, 2.45) is 4.99 Å². The molecule has 0 saturated carbocycles. The van der Waals surface area contributed by atoms with Gasteiger partial charge in [-0.15, -0.1) is 0 Å². The fraction of sp³-hybridized carbons (Fsp3) is 0.160. The smallest absolute Gasteiger partial charge is 0.133 e. The summed E-state index contributed by atoms with van der Waals surface area (Å²) in [4.78, 5) is 5.14. The Bertz CT molecular complexity index is 1070. The van der Waals surface area contributed by atoms with Gasteiger partial charge in [-0.1, -0.05) is 66.7 Å². The van der Waals surface area contributed by atoms with Crippen LogP contribution in [0.25, 0.3) is 5.70 Å². The number of rotatable bonds is 3. The Kier molecular flexibility index (Phi) is 4.21. The van der Waals surface area contributed by atoms with Gasteiger partial charge in [0.05, 0.1) is 7.11 Å². The predicted octanol–water partition coefficient (Wildman–Crippen LogP) is 5.14. The van der Waals surface area contributed by atoms with Gasteiger partial charge in [-0.3, -0.25) is 4.99 Å². The molecule has 1 atom stereocenters. The van der Waals surface area contributed by atoms with Gasteiger partial charge in [-0.05, 0) is 41.7 Å². The maximum Gasteiger partial charge on any atom is 0.133 e. The average Bonchev–Trinajstić information content (AvgIpc) is 2.79. The number of ether oxygens (including phenoxy) is 1. The third kappa shape index (κ3) is 2.89. The van der Waals surface area contributed by atoms with Crippen molar-refractivity contribution in [2.45, 2.75) is 18.9 Å². The molecule has 2 aliphatic rings. The number of benzene rings is 3. The number of nitrogens with one attached hydrogen (secondary N) is 1. The summed E-state index contributed by atoms with van der Waals surface area (Å²) in [5.74, 6) is 1.80. The molecule has 28 heavy (non-hydrogen) atoms. The Morgan fingerprint density at radius 2 is 1.61 bits per heavy atom. The highest BCUT2D eigenvalue weighted by Gasteiger charge is 2.30. The lowest BCUT2D eigenvalue weighted by molar-refractivity contribution is 0.414. The van der Waals surface area contributed by atoms with Gasteiger partial charge in [0.2, 0.25) is 0 Å². The molecular weight excluding hydrogens is 344 g/mol. The Morgan fingerprint density at radius 1 is 0.857 bits per heavy atom. The topological polar surface area (TPSA) is 33.6 Å². The van der Waals surface area contributed by atoms with Gasteiger partial charge in [-0.25, -0.2) is 0 Å². The first-order valence-corrected chi connectivity index (χ1v) is 9.69. The molecule has 3 heteroatoms. The van der Waals surface area contributed by atoms with Crippen LogP contribution in [0.2, 0.25) is 0 Å². The van der Waals surface area contributed by atoms with E-state index < -0.39 is 0 Å². The Balaban J connectivity index is 1.65. The highest BCUT2D eigenvalue weighted by atomic mass is 16.5. The van der Waals surface area contributed by atoms with Crippen molar-refractivity contribution >= 4 is 11.5 Å². The number of methoxy groups -OCH3 is 1. The van der Waals surface area contributed by atoms with E-state index >= 15 is 0 Å². The van der Waals surface area contributed by atoms with Gasteiger partial charge >= 0.3 is 0 Å². The number of aliphatic imine (C=N–C) groups is 1. The van der Waals surface area contributed by atoms with Crippen molar-refractivity contribution in [2.75, 3.05) is 7.11 Å². The number of aryl methyl sites for hydroxylation is 1. The van der Waals surface area contributed by atoms with E-state index in [0.29, 0.717) is 0 Å². The summed E-state index contributed by atoms with van der Waals surface area (Å²) in [6.07, 6.45) is 2.07. The molecule has 3 aromatic rings. The Hall–Kier alpha value is -3.33. The van der Waals surface area contributed by atoms with Crippen LogP contribution in [-0.2, 0) is 6.42 Å². The van der Waals surface area contributed by atoms with Crippen molar-refractivity contribution in [1.29, 1.82) is 0 Å². The molecule has 0 radical (unpaired) electrons. The van der Waals surface area contributed by atoms with Crippen LogP contribution in [0.4, 0.5) is 0 Å². The molecule has 5 rings (SSSR count). The largest absolute Gasteiger partial charge is 0.497 e. The highest BCUT2D eigenvalue weighted by molar-refractivity contribution is 6.05. The highest BCUT2D eigenvalue weighted by Crippen LogP contribution is 2.41. The molecule has 0 saturated heterocycles. The lowest BCUT2D eigenvalue weighted by Gasteiger charge is -2.33. The van der Waals surface area contributed by atoms with E-state index in [1.54, 1.807) is 7.11 Å². The number of fused-ring (bicyclic) bond motifs is 2. The van der Waals surface area contributed by atoms with E-state index in [1.807, 2.05) is 18.2 Å². The summed E-state index contributed by atoms with van der Waals surface area (Å²) in [5.41, 5.74) is 7.58. The first kappa shape index (κ1) is 16.8. The first-order chi connectivity index (χ1) is 13.8. The molecule has 1 aliphatic heterocycles. The number of amidine groups is 1. The van der Waals surface area contributed by atoms with Crippen molar-refractivity contribution in [1.82, 2.24) is 5.32 Å². The van der Waals surface area contributed by atoms with E-state index in [1.165, 1.54) is 28.0 Å².